The van der Waals surface area contributed by atoms with Gasteiger partial charge < -0.3 is 29.2 Å². The number of benzene rings is 2. The highest BCUT2D eigenvalue weighted by atomic mass is 35.5. The Balaban J connectivity index is 1.24. The molecule has 8 rings (SSSR count). The summed E-state index contributed by atoms with van der Waals surface area (Å²) in [5, 5.41) is 1.62. The second-order valence-corrected chi connectivity index (χ2v) is 12.9. The number of likely N-dealkylation sites (tertiary alicyclic amines) is 1. The van der Waals surface area contributed by atoms with Gasteiger partial charge in [0.1, 0.15) is 22.7 Å². The molecule has 0 spiro atoms. The van der Waals surface area contributed by atoms with Crippen molar-refractivity contribution >= 4 is 39.6 Å². The first-order valence-electron chi connectivity index (χ1n) is 15.3. The lowest BCUT2D eigenvalue weighted by atomic mass is 10.1. The number of nitrogens with two attached hydrogens (primary N) is 1. The number of hydrogen-bond acceptors (Lipinski definition) is 6. The summed E-state index contributed by atoms with van der Waals surface area (Å²) in [6.45, 7) is 1.57. The SMILES string of the molecule is COc1ccc(-c2ccc3cc(-c4nc5cc(C(=O)N6CC7CCC6C7N)cc(OC)c5n4C)n(CC4CC4)c3n2)c(Cl)c1. The van der Waals surface area contributed by atoms with E-state index >= 15 is 0 Å². The van der Waals surface area contributed by atoms with Gasteiger partial charge in [-0.05, 0) is 86.1 Å². The summed E-state index contributed by atoms with van der Waals surface area (Å²) in [5.41, 5.74) is 12.1. The van der Waals surface area contributed by atoms with E-state index < -0.39 is 0 Å². The van der Waals surface area contributed by atoms with Crippen molar-refractivity contribution in [1.29, 1.82) is 0 Å². The number of carbonyl (C=O) groups is 1. The van der Waals surface area contributed by atoms with E-state index in [1.54, 1.807) is 14.2 Å². The number of aryl methyl sites for hydroxylation is 1. The first-order valence-corrected chi connectivity index (χ1v) is 15.7. The molecule has 2 N–H and O–H groups in total. The van der Waals surface area contributed by atoms with Crippen LogP contribution in [-0.4, -0.2) is 62.8 Å². The minimum absolute atomic E-state index is 0.00294. The normalized spacial score (nSPS) is 21.1. The van der Waals surface area contributed by atoms with Gasteiger partial charge in [0.25, 0.3) is 5.91 Å². The zero-order chi connectivity index (χ0) is 30.3. The van der Waals surface area contributed by atoms with E-state index in [-0.39, 0.29) is 18.0 Å². The molecule has 2 aliphatic carbocycles. The number of halogens is 1. The van der Waals surface area contributed by atoms with Crippen molar-refractivity contribution in [3.05, 3.63) is 59.1 Å². The standard InChI is InChI=1S/C34H35ClN6O3/c1-39-31-26(12-21(14-29(31)44-3)34(42)41-17-20-7-11-27(41)30(20)36)38-33(39)28-13-19-6-10-25(23-9-8-22(43-2)15-24(23)35)37-32(19)40(28)16-18-4-5-18/h6,8-10,12-15,18,20,27,30H,4-5,7,11,16-17,36H2,1-3H3. The van der Waals surface area contributed by atoms with Gasteiger partial charge in [-0.2, -0.15) is 0 Å². The number of piperidine rings is 1. The van der Waals surface area contributed by atoms with Crippen LogP contribution in [0.1, 0.15) is 36.0 Å². The second-order valence-electron chi connectivity index (χ2n) is 12.5. The number of pyridine rings is 1. The Morgan fingerprint density at radius 3 is 2.55 bits per heavy atom. The van der Waals surface area contributed by atoms with Gasteiger partial charge in [-0.3, -0.25) is 4.79 Å². The van der Waals surface area contributed by atoms with Crippen molar-refractivity contribution in [2.75, 3.05) is 20.8 Å². The van der Waals surface area contributed by atoms with Gasteiger partial charge >= 0.3 is 0 Å². The fraction of sp³-hybridized carbons (Fsp3) is 0.382. The van der Waals surface area contributed by atoms with E-state index in [4.69, 9.17) is 36.8 Å². The number of carbonyl (C=O) groups excluding carboxylic acids is 1. The van der Waals surface area contributed by atoms with Crippen LogP contribution >= 0.6 is 11.6 Å². The molecule has 226 valence electrons. The summed E-state index contributed by atoms with van der Waals surface area (Å²) in [5.74, 6) is 3.12. The molecular weight excluding hydrogens is 576 g/mol. The van der Waals surface area contributed by atoms with Crippen LogP contribution in [-0.2, 0) is 13.6 Å². The van der Waals surface area contributed by atoms with Gasteiger partial charge in [0, 0.05) is 48.7 Å². The zero-order valence-corrected chi connectivity index (χ0v) is 25.8. The number of ether oxygens (including phenoxy) is 2. The molecule has 5 aromatic rings. The van der Waals surface area contributed by atoms with Crippen LogP contribution < -0.4 is 15.2 Å². The Hall–Kier alpha value is -4.08. The van der Waals surface area contributed by atoms with E-state index in [0.717, 1.165) is 70.8 Å². The number of aromatic nitrogens is 4. The quantitative estimate of drug-likeness (QED) is 0.246. The molecule has 10 heteroatoms. The van der Waals surface area contributed by atoms with Gasteiger partial charge in [0.15, 0.2) is 5.82 Å². The smallest absolute Gasteiger partial charge is 0.254 e. The summed E-state index contributed by atoms with van der Waals surface area (Å²) in [6, 6.07) is 15.8. The fourth-order valence-electron chi connectivity index (χ4n) is 7.30. The van der Waals surface area contributed by atoms with Gasteiger partial charge in [-0.1, -0.05) is 11.6 Å². The molecule has 1 aliphatic heterocycles. The van der Waals surface area contributed by atoms with Crippen molar-refractivity contribution in [3.8, 4) is 34.3 Å². The Morgan fingerprint density at radius 2 is 1.86 bits per heavy atom. The summed E-state index contributed by atoms with van der Waals surface area (Å²) in [7, 11) is 5.27. The largest absolute Gasteiger partial charge is 0.497 e. The first-order chi connectivity index (χ1) is 21.3. The maximum absolute atomic E-state index is 13.7. The molecule has 44 heavy (non-hydrogen) atoms. The van der Waals surface area contributed by atoms with Crippen LogP contribution in [0.3, 0.4) is 0 Å². The summed E-state index contributed by atoms with van der Waals surface area (Å²) >= 11 is 6.64. The third-order valence-corrected chi connectivity index (χ3v) is 10.2. The molecule has 2 aromatic carbocycles. The highest BCUT2D eigenvalue weighted by Crippen LogP contribution is 2.41. The van der Waals surface area contributed by atoms with Gasteiger partial charge in [0.05, 0.1) is 36.1 Å². The number of rotatable bonds is 7. The van der Waals surface area contributed by atoms with E-state index in [2.05, 4.69) is 21.3 Å². The van der Waals surface area contributed by atoms with Crippen LogP contribution in [0.2, 0.25) is 5.02 Å². The zero-order valence-electron chi connectivity index (χ0n) is 25.1. The number of nitrogens with zero attached hydrogens (tertiary/aromatic N) is 5. The molecule has 9 nitrogen and oxygen atoms in total. The lowest BCUT2D eigenvalue weighted by molar-refractivity contribution is 0.0700. The minimum atomic E-state index is -0.00294. The maximum atomic E-state index is 13.7. The molecule has 3 fully saturated rings. The highest BCUT2D eigenvalue weighted by Gasteiger charge is 2.47. The van der Waals surface area contributed by atoms with E-state index in [1.807, 2.05) is 48.3 Å². The lowest BCUT2D eigenvalue weighted by Crippen LogP contribution is -2.41. The Bertz CT molecular complexity index is 1960. The van der Waals surface area contributed by atoms with Crippen molar-refractivity contribution in [1.82, 2.24) is 24.0 Å². The summed E-state index contributed by atoms with van der Waals surface area (Å²) in [6.07, 6.45) is 4.47. The van der Waals surface area contributed by atoms with Crippen LogP contribution in [0.25, 0.3) is 44.8 Å². The molecule has 1 saturated heterocycles. The molecule has 1 amide bonds. The van der Waals surface area contributed by atoms with Crippen molar-refractivity contribution < 1.29 is 14.3 Å². The Morgan fingerprint density at radius 1 is 1.02 bits per heavy atom. The molecule has 4 heterocycles. The molecule has 3 aliphatic rings. The minimum Gasteiger partial charge on any atom is -0.497 e. The predicted octanol–water partition coefficient (Wildman–Crippen LogP) is 5.90. The molecule has 3 unspecified atom stereocenters. The van der Waals surface area contributed by atoms with Crippen molar-refractivity contribution in [3.63, 3.8) is 0 Å². The Kier molecular flexibility index (Phi) is 6.39. The van der Waals surface area contributed by atoms with Crippen LogP contribution in [0.15, 0.2) is 48.5 Å². The highest BCUT2D eigenvalue weighted by molar-refractivity contribution is 6.33. The van der Waals surface area contributed by atoms with E-state index in [9.17, 15) is 4.79 Å². The second kappa shape index (κ2) is 10.2. The third kappa shape index (κ3) is 4.28. The van der Waals surface area contributed by atoms with Crippen LogP contribution in [0.5, 0.6) is 11.5 Å². The molecular formula is C34H35ClN6O3. The number of hydrogen-bond donors (Lipinski definition) is 1. The number of fused-ring (bicyclic) bond motifs is 4. The van der Waals surface area contributed by atoms with Crippen LogP contribution in [0, 0.1) is 11.8 Å². The molecule has 2 bridgehead atoms. The summed E-state index contributed by atoms with van der Waals surface area (Å²) in [4.78, 5) is 25.9. The maximum Gasteiger partial charge on any atom is 0.254 e. The predicted molar refractivity (Wildman–Crippen MR) is 171 cm³/mol. The first kappa shape index (κ1) is 27.5. The van der Waals surface area contributed by atoms with Crippen molar-refractivity contribution in [2.45, 2.75) is 44.3 Å². The van der Waals surface area contributed by atoms with E-state index in [0.29, 0.717) is 33.9 Å². The Labute approximate surface area is 260 Å². The number of methoxy groups -OCH3 is 2. The average Bonchev–Trinajstić information content (AvgIpc) is 3.44. The van der Waals surface area contributed by atoms with Gasteiger partial charge in [0.2, 0.25) is 0 Å². The monoisotopic (exact) mass is 610 g/mol. The fourth-order valence-corrected chi connectivity index (χ4v) is 7.57. The average molecular weight is 611 g/mol. The third-order valence-electron chi connectivity index (χ3n) is 9.88. The lowest BCUT2D eigenvalue weighted by Gasteiger charge is -2.27. The molecule has 3 aromatic heterocycles. The van der Waals surface area contributed by atoms with Gasteiger partial charge in [-0.25, -0.2) is 9.97 Å². The molecule has 0 radical (unpaired) electrons. The topological polar surface area (TPSA) is 100 Å². The number of amides is 1. The molecule has 2 saturated carbocycles. The van der Waals surface area contributed by atoms with Crippen molar-refractivity contribution in [2.24, 2.45) is 24.6 Å². The molecule has 3 atom stereocenters. The summed E-state index contributed by atoms with van der Waals surface area (Å²) < 4.78 is 15.5. The van der Waals surface area contributed by atoms with E-state index in [1.165, 1.54) is 12.8 Å². The van der Waals surface area contributed by atoms with Gasteiger partial charge in [-0.15, -0.1) is 0 Å². The van der Waals surface area contributed by atoms with Crippen LogP contribution in [0.4, 0.5) is 0 Å². The number of imidazole rings is 1.